The van der Waals surface area contributed by atoms with Crippen LogP contribution in [0.25, 0.3) is 0 Å². The smallest absolute Gasteiger partial charge is 0.462 e. The molecule has 0 aliphatic heterocycles. The van der Waals surface area contributed by atoms with E-state index in [-0.39, 0.29) is 25.7 Å². The maximum absolute atomic E-state index is 13.1. The minimum Gasteiger partial charge on any atom is -0.462 e. The Balaban J connectivity index is 5.38. The average Bonchev–Trinajstić information content (AvgIpc) is 1.04. The summed E-state index contributed by atoms with van der Waals surface area (Å²) in [6.45, 7) is 4.75. The van der Waals surface area contributed by atoms with Crippen LogP contribution in [0.5, 0.6) is 0 Å². The van der Waals surface area contributed by atoms with Gasteiger partial charge in [0.2, 0.25) is 0 Å². The Kier molecular flexibility index (Phi) is 68.9. The highest BCUT2D eigenvalue weighted by molar-refractivity contribution is 7.47. The van der Waals surface area contributed by atoms with Crippen molar-refractivity contribution in [1.29, 1.82) is 0 Å². The molecule has 0 spiro atoms. The SMILES string of the molecule is CCCCC/C=C\C/C=C\CCCCCCCC(=O)OC[C@H](COP(=O)(O)OC[C@H](O)COP(=O)(O)OC[C@@H](COC(=O)CCCCCCC/C=C\CCCCCC)OC(=O)CCCCCCC/C=C\C/C=C\CCCCC)OC(=O)CCCCCCC/C=C\C/C=C\CCCCC. The molecule has 0 saturated heterocycles. The number of hydrogen-bond donors (Lipinski definition) is 3. The van der Waals surface area contributed by atoms with E-state index in [1.807, 2.05) is 0 Å². The summed E-state index contributed by atoms with van der Waals surface area (Å²) >= 11 is 0. The van der Waals surface area contributed by atoms with Crippen molar-refractivity contribution < 1.29 is 80.2 Å². The van der Waals surface area contributed by atoms with E-state index in [1.54, 1.807) is 0 Å². The first kappa shape index (κ1) is 94.2. The molecule has 0 radical (unpaired) electrons. The first-order chi connectivity index (χ1) is 47.7. The number of unbranched alkanes of at least 4 members (excludes halogenated alkanes) is 33. The monoisotopic (exact) mass is 1420 g/mol. The number of allylic oxidation sites excluding steroid dienone is 14. The van der Waals surface area contributed by atoms with Crippen LogP contribution in [0.15, 0.2) is 85.1 Å². The lowest BCUT2D eigenvalue weighted by Gasteiger charge is -2.21. The number of esters is 4. The third kappa shape index (κ3) is 70.7. The van der Waals surface area contributed by atoms with Gasteiger partial charge in [0, 0.05) is 25.7 Å². The van der Waals surface area contributed by atoms with Crippen molar-refractivity contribution in [3.8, 4) is 0 Å². The Labute approximate surface area is 595 Å². The molecular weight excluding hydrogens is 1280 g/mol. The average molecular weight is 1420 g/mol. The molecule has 19 heteroatoms. The standard InChI is InChI=1S/C79H140O17P2/c1-5-9-13-17-21-25-29-33-36-40-44-48-52-56-60-64-77(82)90-70-75(96-79(84)66-62-58-54-50-46-42-38-35-31-27-23-19-15-11-7-3)72-94-98(87,88)92-68-73(80)67-91-97(85,86)93-71-74(69-89-76(81)63-59-55-51-47-43-39-32-28-24-20-16-12-8-4)95-78(83)65-61-57-53-49-45-41-37-34-30-26-22-18-14-10-6-2/h21-23,25-28,32-38,73-75,80H,5-20,24,29-31,39-72H2,1-4H3,(H,85,86)(H,87,88)/b25-21-,26-22-,27-23-,32-28-,36-33-,37-34-,38-35-/t73-,74-,75-/m1/s1. The molecule has 3 N–H and O–H groups in total. The first-order valence-electron chi connectivity index (χ1n) is 38.8. The number of aliphatic hydroxyl groups is 1. The fourth-order valence-electron chi connectivity index (χ4n) is 10.3. The van der Waals surface area contributed by atoms with Gasteiger partial charge in [-0.1, -0.05) is 248 Å². The van der Waals surface area contributed by atoms with Gasteiger partial charge in [-0.3, -0.25) is 37.3 Å². The molecule has 0 aliphatic rings. The lowest BCUT2D eigenvalue weighted by molar-refractivity contribution is -0.161. The molecule has 0 aromatic heterocycles. The second-order valence-electron chi connectivity index (χ2n) is 25.9. The summed E-state index contributed by atoms with van der Waals surface area (Å²) in [6.07, 6.45) is 72.7. The normalized spacial score (nSPS) is 14.4. The van der Waals surface area contributed by atoms with Gasteiger partial charge in [-0.05, 0) is 148 Å². The number of phosphoric acid groups is 2. The number of ether oxygens (including phenoxy) is 4. The summed E-state index contributed by atoms with van der Waals surface area (Å²) in [5.74, 6) is -2.21. The second kappa shape index (κ2) is 71.6. The third-order valence-corrected chi connectivity index (χ3v) is 18.2. The van der Waals surface area contributed by atoms with Crippen LogP contribution < -0.4 is 0 Å². The minimum atomic E-state index is -4.98. The van der Waals surface area contributed by atoms with Crippen LogP contribution in [0.1, 0.15) is 336 Å². The number of hydrogen-bond acceptors (Lipinski definition) is 15. The molecule has 0 rings (SSSR count). The number of phosphoric ester groups is 2. The highest BCUT2D eigenvalue weighted by Gasteiger charge is 2.30. The lowest BCUT2D eigenvalue weighted by atomic mass is 10.1. The summed E-state index contributed by atoms with van der Waals surface area (Å²) in [7, 11) is -9.96. The Morgan fingerprint density at radius 2 is 0.500 bits per heavy atom. The van der Waals surface area contributed by atoms with Gasteiger partial charge in [-0.25, -0.2) is 9.13 Å². The Hall–Kier alpha value is -3.76. The van der Waals surface area contributed by atoms with Crippen molar-refractivity contribution in [2.24, 2.45) is 0 Å². The third-order valence-electron chi connectivity index (χ3n) is 16.3. The highest BCUT2D eigenvalue weighted by atomic mass is 31.2. The van der Waals surface area contributed by atoms with E-state index >= 15 is 0 Å². The number of carbonyl (C=O) groups is 4. The van der Waals surface area contributed by atoms with Gasteiger partial charge in [0.1, 0.15) is 19.3 Å². The van der Waals surface area contributed by atoms with Crippen molar-refractivity contribution in [3.63, 3.8) is 0 Å². The van der Waals surface area contributed by atoms with Crippen molar-refractivity contribution in [2.75, 3.05) is 39.6 Å². The van der Waals surface area contributed by atoms with E-state index in [9.17, 15) is 43.2 Å². The zero-order valence-corrected chi connectivity index (χ0v) is 63.7. The molecule has 0 saturated carbocycles. The molecule has 17 nitrogen and oxygen atoms in total. The Morgan fingerprint density at radius 1 is 0.286 bits per heavy atom. The summed E-state index contributed by atoms with van der Waals surface area (Å²) in [5.41, 5.74) is 0. The number of rotatable bonds is 73. The predicted octanol–water partition coefficient (Wildman–Crippen LogP) is 22.2. The fourth-order valence-corrected chi connectivity index (χ4v) is 11.9. The minimum absolute atomic E-state index is 0.0767. The van der Waals surface area contributed by atoms with Crippen LogP contribution >= 0.6 is 15.6 Å². The molecule has 0 amide bonds. The molecule has 2 unspecified atom stereocenters. The molecule has 0 fully saturated rings. The van der Waals surface area contributed by atoms with E-state index in [0.717, 1.165) is 173 Å². The van der Waals surface area contributed by atoms with Gasteiger partial charge in [-0.2, -0.15) is 0 Å². The zero-order chi connectivity index (χ0) is 71.8. The summed E-state index contributed by atoms with van der Waals surface area (Å²) in [5, 5.41) is 10.6. The molecule has 5 atom stereocenters. The van der Waals surface area contributed by atoms with Crippen molar-refractivity contribution >= 4 is 39.5 Å². The molecule has 98 heavy (non-hydrogen) atoms. The molecule has 0 aromatic rings. The highest BCUT2D eigenvalue weighted by Crippen LogP contribution is 2.45. The van der Waals surface area contributed by atoms with E-state index in [0.29, 0.717) is 25.7 Å². The molecular formula is C79H140O17P2. The van der Waals surface area contributed by atoms with Crippen LogP contribution in [0, 0.1) is 0 Å². The van der Waals surface area contributed by atoms with Crippen molar-refractivity contribution in [3.05, 3.63) is 85.1 Å². The largest absolute Gasteiger partial charge is 0.472 e. The number of aliphatic hydroxyl groups excluding tert-OH is 1. The van der Waals surface area contributed by atoms with Gasteiger partial charge in [-0.15, -0.1) is 0 Å². The maximum Gasteiger partial charge on any atom is 0.472 e. The fraction of sp³-hybridized carbons (Fsp3) is 0.772. The summed E-state index contributed by atoms with van der Waals surface area (Å²) in [6, 6.07) is 0. The van der Waals surface area contributed by atoms with E-state index in [1.165, 1.54) is 83.5 Å². The maximum atomic E-state index is 13.1. The Bertz CT molecular complexity index is 2190. The van der Waals surface area contributed by atoms with Crippen LogP contribution in [-0.2, 0) is 65.4 Å². The van der Waals surface area contributed by atoms with Crippen LogP contribution in [-0.4, -0.2) is 96.7 Å². The summed E-state index contributed by atoms with van der Waals surface area (Å²) in [4.78, 5) is 72.9. The number of carbonyl (C=O) groups excluding carboxylic acids is 4. The molecule has 0 aromatic carbocycles. The molecule has 0 bridgehead atoms. The van der Waals surface area contributed by atoms with Crippen LogP contribution in [0.4, 0.5) is 0 Å². The Morgan fingerprint density at radius 3 is 0.786 bits per heavy atom. The van der Waals surface area contributed by atoms with Crippen molar-refractivity contribution in [2.45, 2.75) is 354 Å². The van der Waals surface area contributed by atoms with Gasteiger partial charge < -0.3 is 33.8 Å². The lowest BCUT2D eigenvalue weighted by Crippen LogP contribution is -2.30. The second-order valence-corrected chi connectivity index (χ2v) is 28.8. The molecule has 0 heterocycles. The quantitative estimate of drug-likeness (QED) is 0.0169. The first-order valence-corrected chi connectivity index (χ1v) is 41.8. The van der Waals surface area contributed by atoms with E-state index in [2.05, 4.69) is 113 Å². The molecule has 568 valence electrons. The molecule has 0 aliphatic carbocycles. The van der Waals surface area contributed by atoms with Gasteiger partial charge in [0.15, 0.2) is 12.2 Å². The van der Waals surface area contributed by atoms with Gasteiger partial charge in [0.05, 0.1) is 26.4 Å². The van der Waals surface area contributed by atoms with Crippen molar-refractivity contribution in [1.82, 2.24) is 0 Å². The van der Waals surface area contributed by atoms with E-state index in [4.69, 9.17) is 37.0 Å². The van der Waals surface area contributed by atoms with Gasteiger partial charge >= 0.3 is 39.5 Å². The zero-order valence-electron chi connectivity index (χ0n) is 62.0. The van der Waals surface area contributed by atoms with Gasteiger partial charge in [0.25, 0.3) is 0 Å². The van der Waals surface area contributed by atoms with E-state index < -0.39 is 97.5 Å². The topological polar surface area (TPSA) is 237 Å². The summed E-state index contributed by atoms with van der Waals surface area (Å²) < 4.78 is 68.5. The van der Waals surface area contributed by atoms with Crippen LogP contribution in [0.2, 0.25) is 0 Å². The van der Waals surface area contributed by atoms with Crippen LogP contribution in [0.3, 0.4) is 0 Å². The predicted molar refractivity (Wildman–Crippen MR) is 399 cm³/mol.